The van der Waals surface area contributed by atoms with Gasteiger partial charge in [0.05, 0.1) is 5.56 Å². The molecule has 0 aromatic heterocycles. The molecule has 2 rings (SSSR count). The molecule has 10 heteroatoms. The Bertz CT molecular complexity index is 829. The van der Waals surface area contributed by atoms with Crippen molar-refractivity contribution in [1.29, 1.82) is 0 Å². The molecule has 0 aliphatic carbocycles. The maximum Gasteiger partial charge on any atom is 0.338 e. The molecular formula is C18H16F2N2O5S. The van der Waals surface area contributed by atoms with E-state index in [0.717, 1.165) is 0 Å². The van der Waals surface area contributed by atoms with Gasteiger partial charge in [0.2, 0.25) is 0 Å². The number of halogens is 2. The number of alkyl halides is 2. The van der Waals surface area contributed by atoms with Gasteiger partial charge in [-0.25, -0.2) is 4.79 Å². The standard InChI is InChI=1S/C18H16F2N2O5S/c19-18(20)28-14-7-3-12(4-8-14)22-16(24)10-27-17(25)11-1-5-13(6-2-11)26-9-15(21)23/h1-8,18H,9-10H2,(H2,21,23)(H,22,24). The van der Waals surface area contributed by atoms with Crippen LogP contribution in [0.1, 0.15) is 10.4 Å². The number of nitrogens with two attached hydrogens (primary N) is 1. The van der Waals surface area contributed by atoms with Crippen LogP contribution in [0.2, 0.25) is 0 Å². The number of esters is 1. The summed E-state index contributed by atoms with van der Waals surface area (Å²) < 4.78 is 34.5. The van der Waals surface area contributed by atoms with Crippen molar-refractivity contribution in [2.24, 2.45) is 5.73 Å². The molecule has 0 saturated heterocycles. The van der Waals surface area contributed by atoms with Crippen LogP contribution in [0.25, 0.3) is 0 Å². The normalized spacial score (nSPS) is 10.4. The molecule has 2 aromatic carbocycles. The molecule has 0 spiro atoms. The van der Waals surface area contributed by atoms with E-state index in [2.05, 4.69) is 5.32 Å². The van der Waals surface area contributed by atoms with Gasteiger partial charge in [0.1, 0.15) is 5.75 Å². The van der Waals surface area contributed by atoms with Gasteiger partial charge in [-0.3, -0.25) is 9.59 Å². The third-order valence-corrected chi connectivity index (χ3v) is 3.89. The Hall–Kier alpha value is -3.14. The van der Waals surface area contributed by atoms with Crippen molar-refractivity contribution in [2.75, 3.05) is 18.5 Å². The van der Waals surface area contributed by atoms with E-state index in [0.29, 0.717) is 28.1 Å². The second-order valence-electron chi connectivity index (χ2n) is 5.31. The number of nitrogens with one attached hydrogen (secondary N) is 1. The summed E-state index contributed by atoms with van der Waals surface area (Å²) in [5.74, 6) is -4.11. The van der Waals surface area contributed by atoms with E-state index in [-0.39, 0.29) is 12.2 Å². The van der Waals surface area contributed by atoms with Gasteiger partial charge in [0.25, 0.3) is 17.6 Å². The Labute approximate surface area is 163 Å². The highest BCUT2D eigenvalue weighted by Gasteiger charge is 2.11. The average Bonchev–Trinajstić information content (AvgIpc) is 2.66. The van der Waals surface area contributed by atoms with E-state index in [9.17, 15) is 23.2 Å². The largest absolute Gasteiger partial charge is 0.484 e. The Morgan fingerprint density at radius 1 is 1.00 bits per heavy atom. The van der Waals surface area contributed by atoms with Crippen LogP contribution in [0.3, 0.4) is 0 Å². The Morgan fingerprint density at radius 2 is 1.64 bits per heavy atom. The number of ether oxygens (including phenoxy) is 2. The third-order valence-electron chi connectivity index (χ3n) is 3.17. The minimum absolute atomic E-state index is 0.188. The van der Waals surface area contributed by atoms with Gasteiger partial charge in [-0.15, -0.1) is 0 Å². The van der Waals surface area contributed by atoms with Gasteiger partial charge in [0, 0.05) is 10.6 Å². The molecule has 7 nitrogen and oxygen atoms in total. The summed E-state index contributed by atoms with van der Waals surface area (Å²) in [6.45, 7) is -0.807. The zero-order valence-corrected chi connectivity index (χ0v) is 15.2. The fourth-order valence-corrected chi connectivity index (χ4v) is 2.47. The first kappa shape index (κ1) is 21.2. The van der Waals surface area contributed by atoms with E-state index in [1.54, 1.807) is 0 Å². The smallest absolute Gasteiger partial charge is 0.338 e. The van der Waals surface area contributed by atoms with Crippen LogP contribution >= 0.6 is 11.8 Å². The predicted molar refractivity (Wildman–Crippen MR) is 98.3 cm³/mol. The van der Waals surface area contributed by atoms with Crippen LogP contribution in [-0.4, -0.2) is 36.8 Å². The highest BCUT2D eigenvalue weighted by molar-refractivity contribution is 7.99. The molecule has 0 heterocycles. The summed E-state index contributed by atoms with van der Waals surface area (Å²) in [5, 5.41) is 2.49. The minimum Gasteiger partial charge on any atom is -0.484 e. The fourth-order valence-electron chi connectivity index (χ4n) is 1.97. The van der Waals surface area contributed by atoms with Gasteiger partial charge in [-0.05, 0) is 48.5 Å². The first-order valence-electron chi connectivity index (χ1n) is 7.86. The molecule has 0 aliphatic heterocycles. The number of carbonyl (C=O) groups excluding carboxylic acids is 3. The summed E-state index contributed by atoms with van der Waals surface area (Å²) in [4.78, 5) is 34.8. The summed E-state index contributed by atoms with van der Waals surface area (Å²) in [6.07, 6.45) is 0. The SMILES string of the molecule is NC(=O)COc1ccc(C(=O)OCC(=O)Nc2ccc(SC(F)F)cc2)cc1. The minimum atomic E-state index is -2.52. The lowest BCUT2D eigenvalue weighted by Crippen LogP contribution is -2.21. The fraction of sp³-hybridized carbons (Fsp3) is 0.167. The van der Waals surface area contributed by atoms with Crippen LogP contribution in [0.15, 0.2) is 53.4 Å². The molecule has 2 aromatic rings. The molecule has 0 radical (unpaired) electrons. The van der Waals surface area contributed by atoms with Gasteiger partial charge >= 0.3 is 5.97 Å². The maximum atomic E-state index is 12.3. The quantitative estimate of drug-likeness (QED) is 0.486. The second kappa shape index (κ2) is 10.3. The van der Waals surface area contributed by atoms with Crippen LogP contribution in [0.5, 0.6) is 5.75 Å². The van der Waals surface area contributed by atoms with E-state index < -0.39 is 30.1 Å². The number of rotatable bonds is 9. The lowest BCUT2D eigenvalue weighted by atomic mass is 10.2. The van der Waals surface area contributed by atoms with Gasteiger partial charge < -0.3 is 20.5 Å². The lowest BCUT2D eigenvalue weighted by Gasteiger charge is -2.08. The van der Waals surface area contributed by atoms with E-state index in [4.69, 9.17) is 15.2 Å². The van der Waals surface area contributed by atoms with Crippen molar-refractivity contribution in [3.05, 3.63) is 54.1 Å². The first-order chi connectivity index (χ1) is 13.3. The number of hydrogen-bond acceptors (Lipinski definition) is 6. The predicted octanol–water partition coefficient (Wildman–Crippen LogP) is 2.66. The average molecular weight is 410 g/mol. The van der Waals surface area contributed by atoms with Crippen LogP contribution in [0, 0.1) is 0 Å². The van der Waals surface area contributed by atoms with Crippen LogP contribution in [-0.2, 0) is 14.3 Å². The monoisotopic (exact) mass is 410 g/mol. The molecule has 0 atom stereocenters. The lowest BCUT2D eigenvalue weighted by molar-refractivity contribution is -0.120. The van der Waals surface area contributed by atoms with Crippen molar-refractivity contribution in [3.8, 4) is 5.75 Å². The highest BCUT2D eigenvalue weighted by Crippen LogP contribution is 2.26. The molecule has 0 aliphatic rings. The summed E-state index contributed by atoms with van der Waals surface area (Å²) >= 11 is 0.396. The van der Waals surface area contributed by atoms with E-state index in [1.165, 1.54) is 48.5 Å². The molecular weight excluding hydrogens is 394 g/mol. The van der Waals surface area contributed by atoms with E-state index in [1.807, 2.05) is 0 Å². The number of primary amides is 1. The summed E-state index contributed by atoms with van der Waals surface area (Å²) in [5.41, 5.74) is 5.53. The van der Waals surface area contributed by atoms with E-state index >= 15 is 0 Å². The number of carbonyl (C=O) groups is 3. The van der Waals surface area contributed by atoms with Gasteiger partial charge in [-0.2, -0.15) is 8.78 Å². The van der Waals surface area contributed by atoms with Gasteiger partial charge in [-0.1, -0.05) is 11.8 Å². The first-order valence-corrected chi connectivity index (χ1v) is 8.74. The van der Waals surface area contributed by atoms with Crippen molar-refractivity contribution in [1.82, 2.24) is 0 Å². The summed E-state index contributed by atoms with van der Waals surface area (Å²) in [7, 11) is 0. The van der Waals surface area contributed by atoms with Crippen molar-refractivity contribution >= 4 is 35.2 Å². The molecule has 0 fully saturated rings. The molecule has 28 heavy (non-hydrogen) atoms. The maximum absolute atomic E-state index is 12.3. The Balaban J connectivity index is 1.80. The zero-order valence-electron chi connectivity index (χ0n) is 14.4. The number of amides is 2. The molecule has 0 unspecified atom stereocenters. The van der Waals surface area contributed by atoms with Gasteiger partial charge in [0.15, 0.2) is 13.2 Å². The second-order valence-corrected chi connectivity index (χ2v) is 6.37. The number of benzene rings is 2. The van der Waals surface area contributed by atoms with Crippen molar-refractivity contribution in [2.45, 2.75) is 10.7 Å². The Kier molecular flexibility index (Phi) is 7.76. The molecule has 2 amide bonds. The summed E-state index contributed by atoms with van der Waals surface area (Å²) in [6, 6.07) is 11.6. The topological polar surface area (TPSA) is 108 Å². The number of thioether (sulfide) groups is 1. The number of hydrogen-bond donors (Lipinski definition) is 2. The number of anilines is 1. The van der Waals surface area contributed by atoms with Crippen molar-refractivity contribution < 1.29 is 32.6 Å². The highest BCUT2D eigenvalue weighted by atomic mass is 32.2. The molecule has 148 valence electrons. The Morgan fingerprint density at radius 3 is 2.21 bits per heavy atom. The zero-order chi connectivity index (χ0) is 20.5. The molecule has 0 saturated carbocycles. The molecule has 0 bridgehead atoms. The molecule has 3 N–H and O–H groups in total. The van der Waals surface area contributed by atoms with Crippen LogP contribution < -0.4 is 15.8 Å². The van der Waals surface area contributed by atoms with Crippen LogP contribution in [0.4, 0.5) is 14.5 Å². The van der Waals surface area contributed by atoms with Crippen molar-refractivity contribution in [3.63, 3.8) is 0 Å². The third kappa shape index (κ3) is 7.23.